The van der Waals surface area contributed by atoms with Crippen LogP contribution in [0.4, 0.5) is 5.69 Å². The van der Waals surface area contributed by atoms with Gasteiger partial charge >= 0.3 is 0 Å². The average Bonchev–Trinajstić information content (AvgIpc) is 2.15. The smallest absolute Gasteiger partial charge is 0.119 e. The van der Waals surface area contributed by atoms with Crippen molar-refractivity contribution < 1.29 is 4.74 Å². The number of hydrogen-bond acceptors (Lipinski definition) is 2. The van der Waals surface area contributed by atoms with Gasteiger partial charge in [0.1, 0.15) is 5.75 Å². The van der Waals surface area contributed by atoms with Gasteiger partial charge in [-0.2, -0.15) is 0 Å². The van der Waals surface area contributed by atoms with E-state index in [9.17, 15) is 0 Å². The Kier molecular flexibility index (Phi) is 2.37. The molecule has 0 bridgehead atoms. The van der Waals surface area contributed by atoms with E-state index in [0.717, 1.165) is 12.2 Å². The summed E-state index contributed by atoms with van der Waals surface area (Å²) in [6.07, 6.45) is 1.16. The molecule has 0 saturated heterocycles. The molecule has 0 radical (unpaired) electrons. The molecule has 1 N–H and O–H groups in total. The zero-order valence-corrected chi connectivity index (χ0v) is 9.92. The van der Waals surface area contributed by atoms with E-state index in [-0.39, 0.29) is 5.54 Å². The molecule has 0 fully saturated rings. The fourth-order valence-corrected chi connectivity index (χ4v) is 2.48. The van der Waals surface area contributed by atoms with Crippen LogP contribution in [0.1, 0.15) is 38.7 Å². The van der Waals surface area contributed by atoms with Crippen LogP contribution in [0.25, 0.3) is 0 Å². The molecule has 0 amide bonds. The van der Waals surface area contributed by atoms with E-state index in [1.807, 2.05) is 6.07 Å². The predicted octanol–water partition coefficient (Wildman–Crippen LogP) is 3.39. The molecule has 1 aromatic rings. The summed E-state index contributed by atoms with van der Waals surface area (Å²) in [6, 6.07) is 6.27. The van der Waals surface area contributed by atoms with Crippen LogP contribution >= 0.6 is 0 Å². The molecule has 2 heteroatoms. The van der Waals surface area contributed by atoms with Gasteiger partial charge in [0.05, 0.1) is 7.11 Å². The highest BCUT2D eigenvalue weighted by Crippen LogP contribution is 2.39. The van der Waals surface area contributed by atoms with Crippen LogP contribution in [0.15, 0.2) is 18.2 Å². The highest BCUT2D eigenvalue weighted by Gasteiger charge is 2.29. The van der Waals surface area contributed by atoms with E-state index in [4.69, 9.17) is 4.74 Å². The molecule has 0 aliphatic carbocycles. The Morgan fingerprint density at radius 3 is 2.80 bits per heavy atom. The van der Waals surface area contributed by atoms with Crippen LogP contribution in [-0.4, -0.2) is 12.6 Å². The maximum atomic E-state index is 5.25. The topological polar surface area (TPSA) is 21.3 Å². The molecule has 2 rings (SSSR count). The summed E-state index contributed by atoms with van der Waals surface area (Å²) < 4.78 is 5.25. The van der Waals surface area contributed by atoms with E-state index in [2.05, 4.69) is 38.2 Å². The fourth-order valence-electron chi connectivity index (χ4n) is 2.48. The Bertz CT molecular complexity index is 371. The van der Waals surface area contributed by atoms with Gasteiger partial charge in [-0.25, -0.2) is 0 Å². The van der Waals surface area contributed by atoms with E-state index < -0.39 is 0 Å². The standard InChI is InChI=1S/C13H19NO/c1-9-8-13(2,3)14-12-6-5-10(15-4)7-11(9)12/h5-7,9,14H,8H2,1-4H3. The Morgan fingerprint density at radius 1 is 1.40 bits per heavy atom. The molecular weight excluding hydrogens is 186 g/mol. The Labute approximate surface area is 91.6 Å². The number of fused-ring (bicyclic) bond motifs is 1. The van der Waals surface area contributed by atoms with Gasteiger partial charge in [-0.1, -0.05) is 6.92 Å². The highest BCUT2D eigenvalue weighted by molar-refractivity contribution is 5.59. The third-order valence-corrected chi connectivity index (χ3v) is 3.08. The summed E-state index contributed by atoms with van der Waals surface area (Å²) in [5, 5.41) is 3.56. The maximum absolute atomic E-state index is 5.25. The lowest BCUT2D eigenvalue weighted by Crippen LogP contribution is -2.36. The highest BCUT2D eigenvalue weighted by atomic mass is 16.5. The SMILES string of the molecule is COc1ccc2c(c1)C(C)CC(C)(C)N2. The molecule has 0 spiro atoms. The minimum atomic E-state index is 0.195. The Morgan fingerprint density at radius 2 is 2.13 bits per heavy atom. The fraction of sp³-hybridized carbons (Fsp3) is 0.538. The van der Waals surface area contributed by atoms with Crippen molar-refractivity contribution >= 4 is 5.69 Å². The molecule has 1 aromatic carbocycles. The first-order valence-corrected chi connectivity index (χ1v) is 5.48. The van der Waals surface area contributed by atoms with Crippen LogP contribution in [0.2, 0.25) is 0 Å². The second-order valence-corrected chi connectivity index (χ2v) is 5.07. The summed E-state index contributed by atoms with van der Waals surface area (Å²) in [5.41, 5.74) is 2.81. The van der Waals surface area contributed by atoms with E-state index >= 15 is 0 Å². The molecule has 1 aliphatic heterocycles. The molecule has 1 aliphatic rings. The Balaban J connectivity index is 2.41. The molecule has 0 saturated carbocycles. The summed E-state index contributed by atoms with van der Waals surface area (Å²) in [6.45, 7) is 6.77. The normalized spacial score (nSPS) is 22.8. The van der Waals surface area contributed by atoms with Gasteiger partial charge in [0.25, 0.3) is 0 Å². The van der Waals surface area contributed by atoms with Crippen molar-refractivity contribution in [1.82, 2.24) is 0 Å². The van der Waals surface area contributed by atoms with Crippen LogP contribution < -0.4 is 10.1 Å². The minimum absolute atomic E-state index is 0.195. The molecule has 82 valence electrons. The van der Waals surface area contributed by atoms with E-state index in [1.165, 1.54) is 11.3 Å². The van der Waals surface area contributed by atoms with Crippen LogP contribution in [0.3, 0.4) is 0 Å². The predicted molar refractivity (Wildman–Crippen MR) is 63.7 cm³/mol. The summed E-state index contributed by atoms with van der Waals surface area (Å²) >= 11 is 0. The van der Waals surface area contributed by atoms with Crippen molar-refractivity contribution in [1.29, 1.82) is 0 Å². The van der Waals surface area contributed by atoms with E-state index in [1.54, 1.807) is 7.11 Å². The largest absolute Gasteiger partial charge is 0.497 e. The third-order valence-electron chi connectivity index (χ3n) is 3.08. The first kappa shape index (κ1) is 10.3. The van der Waals surface area contributed by atoms with Crippen molar-refractivity contribution in [3.8, 4) is 5.75 Å². The number of rotatable bonds is 1. The first-order valence-electron chi connectivity index (χ1n) is 5.48. The van der Waals surface area contributed by atoms with Gasteiger partial charge in [-0.05, 0) is 49.9 Å². The molecule has 1 unspecified atom stereocenters. The van der Waals surface area contributed by atoms with Crippen molar-refractivity contribution in [2.24, 2.45) is 0 Å². The number of nitrogens with one attached hydrogen (secondary N) is 1. The number of anilines is 1. The second-order valence-electron chi connectivity index (χ2n) is 5.07. The third kappa shape index (κ3) is 1.94. The van der Waals surface area contributed by atoms with Crippen molar-refractivity contribution in [3.63, 3.8) is 0 Å². The summed E-state index contributed by atoms with van der Waals surface area (Å²) in [4.78, 5) is 0. The molecule has 0 aromatic heterocycles. The average molecular weight is 205 g/mol. The maximum Gasteiger partial charge on any atom is 0.119 e. The zero-order valence-electron chi connectivity index (χ0n) is 9.92. The number of benzene rings is 1. The Hall–Kier alpha value is -1.18. The molecule has 1 atom stereocenters. The lowest BCUT2D eigenvalue weighted by Gasteiger charge is -2.37. The van der Waals surface area contributed by atoms with Gasteiger partial charge in [0.15, 0.2) is 0 Å². The van der Waals surface area contributed by atoms with E-state index in [0.29, 0.717) is 5.92 Å². The molecule has 15 heavy (non-hydrogen) atoms. The number of methoxy groups -OCH3 is 1. The minimum Gasteiger partial charge on any atom is -0.497 e. The lowest BCUT2D eigenvalue weighted by molar-refractivity contribution is 0.410. The summed E-state index contributed by atoms with van der Waals surface area (Å²) in [5.74, 6) is 1.54. The van der Waals surface area contributed by atoms with Crippen LogP contribution in [0.5, 0.6) is 5.75 Å². The molecule has 1 heterocycles. The van der Waals surface area contributed by atoms with Crippen LogP contribution in [-0.2, 0) is 0 Å². The van der Waals surface area contributed by atoms with Crippen molar-refractivity contribution in [3.05, 3.63) is 23.8 Å². The van der Waals surface area contributed by atoms with Crippen molar-refractivity contribution in [2.75, 3.05) is 12.4 Å². The second kappa shape index (κ2) is 3.44. The van der Waals surface area contributed by atoms with Gasteiger partial charge in [-0.15, -0.1) is 0 Å². The van der Waals surface area contributed by atoms with Crippen molar-refractivity contribution in [2.45, 2.75) is 38.6 Å². The van der Waals surface area contributed by atoms with Gasteiger partial charge in [0.2, 0.25) is 0 Å². The molecular formula is C13H19NO. The van der Waals surface area contributed by atoms with Crippen LogP contribution in [0, 0.1) is 0 Å². The monoisotopic (exact) mass is 205 g/mol. The first-order chi connectivity index (χ1) is 7.02. The molecule has 2 nitrogen and oxygen atoms in total. The van der Waals surface area contributed by atoms with Gasteiger partial charge in [-0.3, -0.25) is 0 Å². The number of hydrogen-bond donors (Lipinski definition) is 1. The number of ether oxygens (including phenoxy) is 1. The lowest BCUT2D eigenvalue weighted by atomic mass is 9.82. The summed E-state index contributed by atoms with van der Waals surface area (Å²) in [7, 11) is 1.71. The van der Waals surface area contributed by atoms with Gasteiger partial charge < -0.3 is 10.1 Å². The zero-order chi connectivity index (χ0) is 11.1. The van der Waals surface area contributed by atoms with Gasteiger partial charge in [0, 0.05) is 11.2 Å². The quantitative estimate of drug-likeness (QED) is 0.758.